The van der Waals surface area contributed by atoms with Crippen molar-refractivity contribution in [1.82, 2.24) is 4.90 Å². The van der Waals surface area contributed by atoms with E-state index < -0.39 is 36.8 Å². The number of piperidine rings is 1. The molecule has 1 amide bonds. The van der Waals surface area contributed by atoms with Crippen LogP contribution in [0.4, 0.5) is 13.2 Å². The topological polar surface area (TPSA) is 113 Å². The number of phenols is 1. The fourth-order valence-electron chi connectivity index (χ4n) is 3.15. The minimum Gasteiger partial charge on any atom is -0.508 e. The van der Waals surface area contributed by atoms with Crippen LogP contribution >= 0.6 is 23.2 Å². The molecule has 1 aliphatic heterocycles. The van der Waals surface area contributed by atoms with Crippen LogP contribution < -0.4 is 5.73 Å². The van der Waals surface area contributed by atoms with Crippen LogP contribution in [0.15, 0.2) is 12.1 Å². The van der Waals surface area contributed by atoms with E-state index in [2.05, 4.69) is 4.74 Å². The van der Waals surface area contributed by atoms with Gasteiger partial charge < -0.3 is 25.6 Å². The Morgan fingerprint density at radius 1 is 1.28 bits per heavy atom. The third-order valence-corrected chi connectivity index (χ3v) is 5.54. The molecular weight excluding hydrogens is 440 g/mol. The summed E-state index contributed by atoms with van der Waals surface area (Å²) >= 11 is 12.1. The van der Waals surface area contributed by atoms with Crippen LogP contribution in [0, 0.1) is 5.92 Å². The Bertz CT molecular complexity index is 770. The minimum atomic E-state index is -5.27. The lowest BCUT2D eigenvalue weighted by Gasteiger charge is -2.36. The highest BCUT2D eigenvalue weighted by Crippen LogP contribution is 2.40. The van der Waals surface area contributed by atoms with Crippen LogP contribution in [0.3, 0.4) is 0 Å². The number of amides is 1. The molecule has 2 atom stereocenters. The van der Waals surface area contributed by atoms with Crippen molar-refractivity contribution in [3.63, 3.8) is 0 Å². The second-order valence-electron chi connectivity index (χ2n) is 6.56. The molecule has 0 unspecified atom stereocenters. The third kappa shape index (κ3) is 5.44. The maximum absolute atomic E-state index is 12.3. The molecule has 0 saturated carbocycles. The number of hydrogen-bond donors (Lipinski definition) is 3. The number of hydrogen-bond acceptors (Lipinski definition) is 6. The molecule has 0 spiro atoms. The maximum Gasteiger partial charge on any atom is 0.490 e. The fourth-order valence-corrected chi connectivity index (χ4v) is 3.60. The van der Waals surface area contributed by atoms with Crippen LogP contribution in [0.2, 0.25) is 10.0 Å². The first-order valence-electron chi connectivity index (χ1n) is 8.57. The Labute approximate surface area is 174 Å². The molecule has 29 heavy (non-hydrogen) atoms. The van der Waals surface area contributed by atoms with Crippen molar-refractivity contribution in [2.24, 2.45) is 11.7 Å². The van der Waals surface area contributed by atoms with E-state index in [9.17, 15) is 27.9 Å². The number of likely N-dealkylation sites (tertiary alicyclic amines) is 1. The van der Waals surface area contributed by atoms with E-state index >= 15 is 0 Å². The Hall–Kier alpha value is -1.75. The van der Waals surface area contributed by atoms with Crippen LogP contribution in [-0.2, 0) is 14.3 Å². The first kappa shape index (κ1) is 23.5. The summed E-state index contributed by atoms with van der Waals surface area (Å²) in [5, 5.41) is 19.6. The van der Waals surface area contributed by atoms with Gasteiger partial charge in [-0.2, -0.15) is 13.2 Å². The molecule has 0 bridgehead atoms. The number of phenolic OH excluding ortho intramolecular Hbond substituents is 1. The average molecular weight is 459 g/mol. The van der Waals surface area contributed by atoms with Gasteiger partial charge in [0.2, 0.25) is 6.10 Å². The molecule has 0 aromatic heterocycles. The Morgan fingerprint density at radius 3 is 2.38 bits per heavy atom. The summed E-state index contributed by atoms with van der Waals surface area (Å²) in [5.74, 6) is -3.80. The van der Waals surface area contributed by atoms with Crippen molar-refractivity contribution >= 4 is 35.1 Å². The van der Waals surface area contributed by atoms with E-state index in [-0.39, 0.29) is 40.4 Å². The molecule has 7 nitrogen and oxygen atoms in total. The van der Waals surface area contributed by atoms with Gasteiger partial charge in [-0.05, 0) is 30.9 Å². The zero-order chi connectivity index (χ0) is 21.9. The number of carbonyl (C=O) groups excluding carboxylic acids is 2. The number of rotatable bonds is 5. The number of nitrogens with zero attached hydrogens (tertiary/aromatic N) is 1. The highest BCUT2D eigenvalue weighted by molar-refractivity contribution is 6.42. The summed E-state index contributed by atoms with van der Waals surface area (Å²) in [4.78, 5) is 24.4. The predicted molar refractivity (Wildman–Crippen MR) is 97.4 cm³/mol. The van der Waals surface area contributed by atoms with E-state index in [1.165, 1.54) is 17.0 Å². The first-order valence-corrected chi connectivity index (χ1v) is 9.32. The summed E-state index contributed by atoms with van der Waals surface area (Å²) < 4.78 is 41.0. The van der Waals surface area contributed by atoms with Crippen LogP contribution in [0.5, 0.6) is 5.75 Å². The summed E-state index contributed by atoms with van der Waals surface area (Å²) in [6.45, 7) is -0.863. The van der Waals surface area contributed by atoms with Crippen LogP contribution in [-0.4, -0.2) is 59.0 Å². The lowest BCUT2D eigenvalue weighted by atomic mass is 9.85. The SMILES string of the molecule is N[C@@H](c1c(O)ccc(Cl)c1Cl)C1CCN(C(=O)[C@@H](CO)OC(=O)C(F)(F)F)CC1. The number of esters is 1. The van der Waals surface area contributed by atoms with Gasteiger partial charge >= 0.3 is 12.1 Å². The normalized spacial score (nSPS) is 17.7. The van der Waals surface area contributed by atoms with Crippen LogP contribution in [0.1, 0.15) is 24.4 Å². The largest absolute Gasteiger partial charge is 0.508 e. The standard InChI is InChI=1S/C17H19Cl2F3N2O5/c18-9-1-2-10(26)12(13(9)19)14(23)8-3-5-24(6-4-8)15(27)11(7-25)29-16(28)17(20,21)22/h1-2,8,11,14,25-26H,3-7,23H2/t11-,14-/m1/s1. The van der Waals surface area contributed by atoms with Crippen molar-refractivity contribution < 1.29 is 37.7 Å². The zero-order valence-corrected chi connectivity index (χ0v) is 16.5. The van der Waals surface area contributed by atoms with Gasteiger partial charge in [0.05, 0.1) is 16.7 Å². The number of ether oxygens (including phenoxy) is 1. The molecule has 2 rings (SSSR count). The molecule has 162 valence electrons. The summed E-state index contributed by atoms with van der Waals surface area (Å²) in [5.41, 5.74) is 6.50. The average Bonchev–Trinajstić information content (AvgIpc) is 2.67. The van der Waals surface area contributed by atoms with E-state index in [4.69, 9.17) is 34.0 Å². The van der Waals surface area contributed by atoms with Gasteiger partial charge in [-0.25, -0.2) is 4.79 Å². The summed E-state index contributed by atoms with van der Waals surface area (Å²) in [6.07, 6.45) is -6.52. The van der Waals surface area contributed by atoms with Gasteiger partial charge in [0.1, 0.15) is 5.75 Å². The molecular formula is C17H19Cl2F3N2O5. The molecule has 0 aliphatic carbocycles. The second kappa shape index (κ2) is 9.38. The minimum absolute atomic E-state index is 0.107. The van der Waals surface area contributed by atoms with Gasteiger partial charge in [0.15, 0.2) is 0 Å². The number of nitrogens with two attached hydrogens (primary N) is 1. The van der Waals surface area contributed by atoms with Crippen molar-refractivity contribution in [3.8, 4) is 5.75 Å². The van der Waals surface area contributed by atoms with E-state index in [1.807, 2.05) is 0 Å². The highest BCUT2D eigenvalue weighted by Gasteiger charge is 2.44. The van der Waals surface area contributed by atoms with E-state index in [1.54, 1.807) is 0 Å². The number of halogens is 5. The van der Waals surface area contributed by atoms with Crippen molar-refractivity contribution in [2.75, 3.05) is 19.7 Å². The molecule has 1 aromatic rings. The van der Waals surface area contributed by atoms with E-state index in [0.717, 1.165) is 0 Å². The molecule has 1 aromatic carbocycles. The van der Waals surface area contributed by atoms with Gasteiger partial charge in [0.25, 0.3) is 5.91 Å². The Balaban J connectivity index is 2.02. The lowest BCUT2D eigenvalue weighted by Crippen LogP contribution is -2.48. The summed E-state index contributed by atoms with van der Waals surface area (Å²) in [7, 11) is 0. The van der Waals surface area contributed by atoms with Crippen molar-refractivity contribution in [2.45, 2.75) is 31.2 Å². The van der Waals surface area contributed by atoms with Crippen LogP contribution in [0.25, 0.3) is 0 Å². The van der Waals surface area contributed by atoms with Crippen molar-refractivity contribution in [1.29, 1.82) is 0 Å². The summed E-state index contributed by atoms with van der Waals surface area (Å²) in [6, 6.07) is 2.10. The highest BCUT2D eigenvalue weighted by atomic mass is 35.5. The molecule has 1 fully saturated rings. The quantitative estimate of drug-likeness (QED) is 0.583. The fraction of sp³-hybridized carbons (Fsp3) is 0.529. The zero-order valence-electron chi connectivity index (χ0n) is 15.0. The molecule has 1 aliphatic rings. The van der Waals surface area contributed by atoms with Gasteiger partial charge in [0, 0.05) is 24.7 Å². The first-order chi connectivity index (χ1) is 13.5. The Morgan fingerprint density at radius 2 is 1.86 bits per heavy atom. The number of aliphatic hydroxyl groups is 1. The van der Waals surface area contributed by atoms with Crippen molar-refractivity contribution in [3.05, 3.63) is 27.7 Å². The van der Waals surface area contributed by atoms with E-state index in [0.29, 0.717) is 12.8 Å². The maximum atomic E-state index is 12.3. The third-order valence-electron chi connectivity index (χ3n) is 4.72. The van der Waals surface area contributed by atoms with Gasteiger partial charge in [-0.15, -0.1) is 0 Å². The monoisotopic (exact) mass is 458 g/mol. The number of aliphatic hydroxyl groups excluding tert-OH is 1. The predicted octanol–water partition coefficient (Wildman–Crippen LogP) is 2.40. The second-order valence-corrected chi connectivity index (χ2v) is 7.34. The lowest BCUT2D eigenvalue weighted by molar-refractivity contribution is -0.208. The van der Waals surface area contributed by atoms with Gasteiger partial charge in [-0.1, -0.05) is 23.2 Å². The molecule has 1 heterocycles. The molecule has 0 radical (unpaired) electrons. The molecule has 12 heteroatoms. The molecule has 1 saturated heterocycles. The smallest absolute Gasteiger partial charge is 0.490 e. The number of carbonyl (C=O) groups is 2. The number of alkyl halides is 3. The molecule has 4 N–H and O–H groups in total. The number of benzene rings is 1. The van der Waals surface area contributed by atoms with Gasteiger partial charge in [-0.3, -0.25) is 4.79 Å². The number of aromatic hydroxyl groups is 1. The Kier molecular flexibility index (Phi) is 7.61.